The van der Waals surface area contributed by atoms with Gasteiger partial charge in [-0.1, -0.05) is 42.6 Å². The van der Waals surface area contributed by atoms with Gasteiger partial charge in [-0.3, -0.25) is 19.5 Å². The monoisotopic (exact) mass is 571 g/mol. The largest absolute Gasteiger partial charge is 0.483 e. The summed E-state index contributed by atoms with van der Waals surface area (Å²) in [6, 6.07) is 3.48. The topological polar surface area (TPSA) is 150 Å². The molecule has 0 unspecified atom stereocenters. The Bertz CT molecular complexity index is 895. The highest BCUT2D eigenvalue weighted by molar-refractivity contribution is 7.88. The number of hydroxylamine groups is 1. The average Bonchev–Trinajstić information content (AvgIpc) is 2.95. The highest BCUT2D eigenvalue weighted by Gasteiger charge is 2.32. The van der Waals surface area contributed by atoms with Crippen LogP contribution in [-0.4, -0.2) is 98.2 Å². The zero-order valence-corrected chi connectivity index (χ0v) is 23.7. The van der Waals surface area contributed by atoms with Crippen LogP contribution in [0.5, 0.6) is 0 Å². The van der Waals surface area contributed by atoms with Gasteiger partial charge in [0.1, 0.15) is 0 Å². The summed E-state index contributed by atoms with van der Waals surface area (Å²) in [6.07, 6.45) is 11.5. The van der Waals surface area contributed by atoms with E-state index in [1.54, 1.807) is 12.4 Å². The van der Waals surface area contributed by atoms with Gasteiger partial charge in [0.05, 0.1) is 31.6 Å². The van der Waals surface area contributed by atoms with E-state index in [9.17, 15) is 13.2 Å². The second kappa shape index (κ2) is 19.7. The molecule has 13 heteroatoms. The van der Waals surface area contributed by atoms with Crippen molar-refractivity contribution in [2.24, 2.45) is 0 Å². The Morgan fingerprint density at radius 3 is 2.56 bits per heavy atom. The first-order chi connectivity index (χ1) is 19.0. The summed E-state index contributed by atoms with van der Waals surface area (Å²) in [4.78, 5) is 32.5. The fourth-order valence-electron chi connectivity index (χ4n) is 4.59. The SMILES string of the molecule is O=C(NCCCCCCS(=O)(=O)N(OCCN1CCOCC1)C1CCCCC1)NCc1cccnc1.O=CO. The number of pyridine rings is 1. The number of nitrogens with zero attached hydrogens (tertiary/aromatic N) is 3. The van der Waals surface area contributed by atoms with E-state index >= 15 is 0 Å². The highest BCUT2D eigenvalue weighted by Crippen LogP contribution is 2.26. The first kappa shape index (κ1) is 32.9. The molecule has 0 bridgehead atoms. The minimum absolute atomic E-state index is 0.0529. The molecule has 2 aliphatic rings. The van der Waals surface area contributed by atoms with Gasteiger partial charge in [-0.2, -0.15) is 0 Å². The minimum Gasteiger partial charge on any atom is -0.483 e. The molecular formula is C26H45N5O7S. The van der Waals surface area contributed by atoms with Crippen LogP contribution >= 0.6 is 0 Å². The van der Waals surface area contributed by atoms with Gasteiger partial charge >= 0.3 is 6.03 Å². The standard InChI is InChI=1S/C25H43N5O5S.CH2O2/c31-25(28-22-23-9-8-12-26-21-23)27-13-6-1-2-7-20-36(32,33)30(24-10-4-3-5-11-24)35-19-16-29-14-17-34-18-15-29;2-1-3/h8-9,12,21,24H,1-7,10-11,13-20,22H2,(H2,27,28,31);1H,(H,2,3). The first-order valence-corrected chi connectivity index (χ1v) is 15.5. The number of aromatic nitrogens is 1. The van der Waals surface area contributed by atoms with Crippen molar-refractivity contribution in [3.8, 4) is 0 Å². The number of urea groups is 1. The minimum atomic E-state index is -3.48. The normalized spacial score (nSPS) is 16.7. The van der Waals surface area contributed by atoms with Crippen LogP contribution in [-0.2, 0) is 30.9 Å². The summed E-state index contributed by atoms with van der Waals surface area (Å²) in [5.74, 6) is 0.0973. The number of nitrogens with one attached hydrogen (secondary N) is 2. The van der Waals surface area contributed by atoms with Gasteiger partial charge in [0.25, 0.3) is 6.47 Å². The number of unbranched alkanes of at least 4 members (excludes halogenated alkanes) is 3. The van der Waals surface area contributed by atoms with Crippen LogP contribution in [0.25, 0.3) is 0 Å². The van der Waals surface area contributed by atoms with Crippen molar-refractivity contribution in [1.82, 2.24) is 25.0 Å². The van der Waals surface area contributed by atoms with Gasteiger partial charge in [0.2, 0.25) is 10.0 Å². The molecule has 1 aliphatic carbocycles. The molecule has 2 heterocycles. The molecule has 1 aliphatic heterocycles. The number of hydrogen-bond acceptors (Lipinski definition) is 8. The van der Waals surface area contributed by atoms with E-state index in [4.69, 9.17) is 19.5 Å². The molecule has 0 atom stereocenters. The number of carbonyl (C=O) groups is 2. The number of carboxylic acid groups (broad SMARTS) is 1. The van der Waals surface area contributed by atoms with Crippen molar-refractivity contribution in [1.29, 1.82) is 0 Å². The van der Waals surface area contributed by atoms with Gasteiger partial charge in [-0.25, -0.2) is 13.2 Å². The van der Waals surface area contributed by atoms with Crippen LogP contribution in [0.1, 0.15) is 63.4 Å². The summed E-state index contributed by atoms with van der Waals surface area (Å²) in [5.41, 5.74) is 0.946. The molecule has 3 rings (SSSR count). The van der Waals surface area contributed by atoms with Crippen molar-refractivity contribution in [3.05, 3.63) is 30.1 Å². The number of morpholine rings is 1. The Labute approximate surface area is 232 Å². The summed E-state index contributed by atoms with van der Waals surface area (Å²) >= 11 is 0. The lowest BCUT2D eigenvalue weighted by molar-refractivity contribution is -0.126. The number of rotatable bonds is 15. The van der Waals surface area contributed by atoms with Gasteiger partial charge in [-0.05, 0) is 37.3 Å². The van der Waals surface area contributed by atoms with Crippen LogP contribution in [0.2, 0.25) is 0 Å². The quantitative estimate of drug-likeness (QED) is 0.164. The van der Waals surface area contributed by atoms with Crippen LogP contribution in [0.3, 0.4) is 0 Å². The van der Waals surface area contributed by atoms with Gasteiger partial charge in [0.15, 0.2) is 0 Å². The Morgan fingerprint density at radius 2 is 1.87 bits per heavy atom. The molecule has 0 radical (unpaired) electrons. The summed E-state index contributed by atoms with van der Waals surface area (Å²) in [7, 11) is -3.48. The Balaban J connectivity index is 0.00000170. The molecule has 0 spiro atoms. The maximum Gasteiger partial charge on any atom is 0.315 e. The van der Waals surface area contributed by atoms with Crippen molar-refractivity contribution in [2.45, 2.75) is 70.4 Å². The Hall–Kier alpha value is -2.32. The summed E-state index contributed by atoms with van der Waals surface area (Å²) in [6.45, 7) is 5.00. The number of sulfonamides is 1. The fraction of sp³-hybridized carbons (Fsp3) is 0.731. The molecule has 39 heavy (non-hydrogen) atoms. The van der Waals surface area contributed by atoms with Crippen LogP contribution in [0.4, 0.5) is 4.79 Å². The number of ether oxygens (including phenoxy) is 1. The molecule has 222 valence electrons. The van der Waals surface area contributed by atoms with Crippen LogP contribution < -0.4 is 10.6 Å². The number of carbonyl (C=O) groups excluding carboxylic acids is 1. The lowest BCUT2D eigenvalue weighted by Crippen LogP contribution is -2.45. The van der Waals surface area contributed by atoms with Gasteiger partial charge in [-0.15, -0.1) is 0 Å². The molecule has 1 saturated carbocycles. The zero-order valence-electron chi connectivity index (χ0n) is 22.8. The number of hydrogen-bond donors (Lipinski definition) is 3. The van der Waals surface area contributed by atoms with E-state index in [1.165, 1.54) is 4.47 Å². The highest BCUT2D eigenvalue weighted by atomic mass is 32.2. The van der Waals surface area contributed by atoms with Crippen molar-refractivity contribution in [3.63, 3.8) is 0 Å². The van der Waals surface area contributed by atoms with Crippen LogP contribution in [0.15, 0.2) is 24.5 Å². The molecule has 1 aromatic heterocycles. The zero-order chi connectivity index (χ0) is 28.2. The van der Waals surface area contributed by atoms with Crippen molar-refractivity contribution >= 4 is 22.5 Å². The molecule has 1 aromatic rings. The maximum absolute atomic E-state index is 13.2. The fourth-order valence-corrected chi connectivity index (χ4v) is 6.24. The predicted octanol–water partition coefficient (Wildman–Crippen LogP) is 2.37. The molecule has 0 aromatic carbocycles. The molecule has 1 saturated heterocycles. The molecule has 2 fully saturated rings. The Morgan fingerprint density at radius 1 is 1.15 bits per heavy atom. The van der Waals surface area contributed by atoms with Crippen molar-refractivity contribution < 1.29 is 32.7 Å². The number of amides is 2. The third-order valence-electron chi connectivity index (χ3n) is 6.67. The van der Waals surface area contributed by atoms with E-state index in [1.807, 2.05) is 12.1 Å². The second-order valence-electron chi connectivity index (χ2n) is 9.64. The van der Waals surface area contributed by atoms with Crippen LogP contribution in [0, 0.1) is 0 Å². The van der Waals surface area contributed by atoms with Crippen molar-refractivity contribution in [2.75, 3.05) is 51.8 Å². The summed E-state index contributed by atoms with van der Waals surface area (Å²) in [5, 5.41) is 12.5. The summed E-state index contributed by atoms with van der Waals surface area (Å²) < 4.78 is 33.1. The second-order valence-corrected chi connectivity index (χ2v) is 11.6. The first-order valence-electron chi connectivity index (χ1n) is 13.9. The predicted molar refractivity (Wildman–Crippen MR) is 147 cm³/mol. The molecule has 3 N–H and O–H groups in total. The van der Waals surface area contributed by atoms with Gasteiger partial charge in [0, 0.05) is 45.1 Å². The third kappa shape index (κ3) is 14.0. The lowest BCUT2D eigenvalue weighted by Gasteiger charge is -2.33. The third-order valence-corrected chi connectivity index (χ3v) is 8.42. The van der Waals surface area contributed by atoms with E-state index < -0.39 is 10.0 Å². The molecule has 2 amide bonds. The average molecular weight is 572 g/mol. The maximum atomic E-state index is 13.2. The molecular weight excluding hydrogens is 526 g/mol. The smallest absolute Gasteiger partial charge is 0.315 e. The Kier molecular flexibility index (Phi) is 16.6. The van der Waals surface area contributed by atoms with E-state index in [0.29, 0.717) is 32.7 Å². The van der Waals surface area contributed by atoms with E-state index in [0.717, 1.165) is 83.2 Å². The van der Waals surface area contributed by atoms with Gasteiger partial charge < -0.3 is 20.5 Å². The van der Waals surface area contributed by atoms with E-state index in [2.05, 4.69) is 20.5 Å². The molecule has 12 nitrogen and oxygen atoms in total. The van der Waals surface area contributed by atoms with E-state index in [-0.39, 0.29) is 24.3 Å². The lowest BCUT2D eigenvalue weighted by atomic mass is 9.96.